The van der Waals surface area contributed by atoms with E-state index in [1.807, 2.05) is 6.92 Å². The number of aliphatic hydroxyl groups excluding tert-OH is 4. The summed E-state index contributed by atoms with van der Waals surface area (Å²) in [5.41, 5.74) is 0. The van der Waals surface area contributed by atoms with Crippen LogP contribution in [0.1, 0.15) is 52.4 Å². The minimum Gasteiger partial charge on any atom is -0.394 e. The van der Waals surface area contributed by atoms with Crippen molar-refractivity contribution in [3.8, 4) is 0 Å². The Bertz CT molecular complexity index is 273. The second-order valence-electron chi connectivity index (χ2n) is 5.71. The zero-order valence-corrected chi connectivity index (χ0v) is 13.0. The summed E-state index contributed by atoms with van der Waals surface area (Å²) < 4.78 is 11.1. The lowest BCUT2D eigenvalue weighted by molar-refractivity contribution is -0.311. The van der Waals surface area contributed by atoms with E-state index in [0.29, 0.717) is 0 Å². The molecule has 1 aliphatic heterocycles. The average molecular weight is 306 g/mol. The molecule has 6 unspecified atom stereocenters. The Morgan fingerprint density at radius 1 is 1.00 bits per heavy atom. The quantitative estimate of drug-likeness (QED) is 0.464. The Morgan fingerprint density at radius 3 is 2.29 bits per heavy atom. The molecule has 1 heterocycles. The SMILES string of the molecule is CCCCCCC(CC)OC1OC(CO)C(O)C(O)C1O. The first-order chi connectivity index (χ1) is 10.0. The van der Waals surface area contributed by atoms with Crippen molar-refractivity contribution in [1.29, 1.82) is 0 Å². The largest absolute Gasteiger partial charge is 0.394 e. The van der Waals surface area contributed by atoms with Gasteiger partial charge in [-0.15, -0.1) is 0 Å². The van der Waals surface area contributed by atoms with Crippen molar-refractivity contribution in [2.75, 3.05) is 6.61 Å². The molecule has 0 aliphatic carbocycles. The maximum atomic E-state index is 9.93. The fourth-order valence-electron chi connectivity index (χ4n) is 2.54. The van der Waals surface area contributed by atoms with Gasteiger partial charge in [-0.2, -0.15) is 0 Å². The third kappa shape index (κ3) is 5.47. The molecule has 0 spiro atoms. The third-order valence-corrected chi connectivity index (χ3v) is 4.01. The number of aliphatic hydroxyl groups is 4. The molecule has 126 valence electrons. The summed E-state index contributed by atoms with van der Waals surface area (Å²) in [6, 6.07) is 0. The normalized spacial score (nSPS) is 34.9. The molecule has 0 amide bonds. The molecule has 4 N–H and O–H groups in total. The van der Waals surface area contributed by atoms with Gasteiger partial charge < -0.3 is 29.9 Å². The van der Waals surface area contributed by atoms with Gasteiger partial charge in [0.2, 0.25) is 0 Å². The highest BCUT2D eigenvalue weighted by Gasteiger charge is 2.44. The summed E-state index contributed by atoms with van der Waals surface area (Å²) in [6.45, 7) is 3.72. The summed E-state index contributed by atoms with van der Waals surface area (Å²) in [4.78, 5) is 0. The van der Waals surface area contributed by atoms with Gasteiger partial charge in [-0.05, 0) is 12.8 Å². The maximum absolute atomic E-state index is 9.93. The van der Waals surface area contributed by atoms with Crippen molar-refractivity contribution >= 4 is 0 Å². The van der Waals surface area contributed by atoms with E-state index in [-0.39, 0.29) is 6.10 Å². The molecule has 6 nitrogen and oxygen atoms in total. The average Bonchev–Trinajstić information content (AvgIpc) is 2.50. The lowest BCUT2D eigenvalue weighted by Gasteiger charge is -2.40. The molecule has 0 aromatic heterocycles. The second kappa shape index (κ2) is 9.71. The molecule has 0 radical (unpaired) electrons. The van der Waals surface area contributed by atoms with Gasteiger partial charge in [0.25, 0.3) is 0 Å². The van der Waals surface area contributed by atoms with E-state index in [1.165, 1.54) is 12.8 Å². The van der Waals surface area contributed by atoms with Crippen LogP contribution < -0.4 is 0 Å². The van der Waals surface area contributed by atoms with E-state index in [4.69, 9.17) is 14.6 Å². The molecule has 0 aromatic rings. The van der Waals surface area contributed by atoms with Gasteiger partial charge >= 0.3 is 0 Å². The van der Waals surface area contributed by atoms with Gasteiger partial charge in [0.1, 0.15) is 24.4 Å². The summed E-state index contributed by atoms with van der Waals surface area (Å²) in [7, 11) is 0. The summed E-state index contributed by atoms with van der Waals surface area (Å²) in [6.07, 6.45) is 0.175. The first kappa shape index (κ1) is 18.8. The van der Waals surface area contributed by atoms with Crippen LogP contribution in [0.4, 0.5) is 0 Å². The number of ether oxygens (including phenoxy) is 2. The van der Waals surface area contributed by atoms with E-state index in [1.54, 1.807) is 0 Å². The highest BCUT2D eigenvalue weighted by Crippen LogP contribution is 2.24. The van der Waals surface area contributed by atoms with E-state index in [2.05, 4.69) is 6.92 Å². The Labute approximate surface area is 126 Å². The fraction of sp³-hybridized carbons (Fsp3) is 1.00. The van der Waals surface area contributed by atoms with Crippen LogP contribution in [0.3, 0.4) is 0 Å². The molecule has 0 aromatic carbocycles. The molecule has 6 heteroatoms. The minimum absolute atomic E-state index is 0.0664. The number of hydrogen-bond donors (Lipinski definition) is 4. The Hall–Kier alpha value is -0.240. The topological polar surface area (TPSA) is 99.4 Å². The third-order valence-electron chi connectivity index (χ3n) is 4.01. The second-order valence-corrected chi connectivity index (χ2v) is 5.71. The maximum Gasteiger partial charge on any atom is 0.186 e. The van der Waals surface area contributed by atoms with Crippen LogP contribution in [0.15, 0.2) is 0 Å². The zero-order chi connectivity index (χ0) is 15.8. The van der Waals surface area contributed by atoms with Gasteiger partial charge in [0.05, 0.1) is 12.7 Å². The van der Waals surface area contributed by atoms with Crippen LogP contribution in [-0.4, -0.2) is 63.8 Å². The lowest BCUT2D eigenvalue weighted by Crippen LogP contribution is -2.59. The molecule has 6 atom stereocenters. The monoisotopic (exact) mass is 306 g/mol. The van der Waals surface area contributed by atoms with Crippen molar-refractivity contribution in [1.82, 2.24) is 0 Å². The molecule has 1 saturated heterocycles. The van der Waals surface area contributed by atoms with Crippen molar-refractivity contribution in [3.05, 3.63) is 0 Å². The van der Waals surface area contributed by atoms with Gasteiger partial charge in [-0.1, -0.05) is 39.5 Å². The lowest BCUT2D eigenvalue weighted by atomic mass is 9.99. The minimum atomic E-state index is -1.38. The molecular weight excluding hydrogens is 276 g/mol. The van der Waals surface area contributed by atoms with Crippen LogP contribution in [0.2, 0.25) is 0 Å². The number of hydrogen-bond acceptors (Lipinski definition) is 6. The van der Waals surface area contributed by atoms with Crippen LogP contribution in [-0.2, 0) is 9.47 Å². The number of rotatable bonds is 9. The van der Waals surface area contributed by atoms with Crippen LogP contribution >= 0.6 is 0 Å². The highest BCUT2D eigenvalue weighted by molar-refractivity contribution is 4.89. The molecule has 0 bridgehead atoms. The Kier molecular flexibility index (Phi) is 8.70. The Morgan fingerprint density at radius 2 is 1.71 bits per heavy atom. The molecular formula is C15H30O6. The summed E-state index contributed by atoms with van der Waals surface area (Å²) in [5.74, 6) is 0. The van der Waals surface area contributed by atoms with E-state index in [9.17, 15) is 15.3 Å². The number of unbranched alkanes of at least 4 members (excludes halogenated alkanes) is 3. The fourth-order valence-corrected chi connectivity index (χ4v) is 2.54. The standard InChI is InChI=1S/C15H30O6/c1-3-5-6-7-8-10(4-2)20-15-14(19)13(18)12(17)11(9-16)21-15/h10-19H,3-9H2,1-2H3. The van der Waals surface area contributed by atoms with Gasteiger partial charge in [0, 0.05) is 0 Å². The molecule has 0 saturated carbocycles. The van der Waals surface area contributed by atoms with Crippen LogP contribution in [0.5, 0.6) is 0 Å². The van der Waals surface area contributed by atoms with Gasteiger partial charge in [-0.25, -0.2) is 0 Å². The highest BCUT2D eigenvalue weighted by atomic mass is 16.7. The van der Waals surface area contributed by atoms with Crippen LogP contribution in [0, 0.1) is 0 Å². The van der Waals surface area contributed by atoms with Gasteiger partial charge in [-0.3, -0.25) is 0 Å². The van der Waals surface area contributed by atoms with Crippen molar-refractivity contribution in [2.45, 2.75) is 89.2 Å². The van der Waals surface area contributed by atoms with Crippen LogP contribution in [0.25, 0.3) is 0 Å². The molecule has 1 rings (SSSR count). The molecule has 21 heavy (non-hydrogen) atoms. The van der Waals surface area contributed by atoms with E-state index < -0.39 is 37.3 Å². The summed E-state index contributed by atoms with van der Waals surface area (Å²) >= 11 is 0. The molecule has 1 aliphatic rings. The summed E-state index contributed by atoms with van der Waals surface area (Å²) in [5, 5.41) is 38.5. The first-order valence-electron chi connectivity index (χ1n) is 8.01. The molecule has 1 fully saturated rings. The first-order valence-corrected chi connectivity index (χ1v) is 8.01. The van der Waals surface area contributed by atoms with Crippen molar-refractivity contribution in [3.63, 3.8) is 0 Å². The van der Waals surface area contributed by atoms with E-state index >= 15 is 0 Å². The Balaban J connectivity index is 2.49. The van der Waals surface area contributed by atoms with Crippen molar-refractivity contribution < 1.29 is 29.9 Å². The zero-order valence-electron chi connectivity index (χ0n) is 13.0. The predicted octanol–water partition coefficient (Wildman–Crippen LogP) is 0.552. The van der Waals surface area contributed by atoms with Gasteiger partial charge in [0.15, 0.2) is 6.29 Å². The smallest absolute Gasteiger partial charge is 0.186 e. The van der Waals surface area contributed by atoms with Crippen molar-refractivity contribution in [2.24, 2.45) is 0 Å². The predicted molar refractivity (Wildman–Crippen MR) is 77.7 cm³/mol. The van der Waals surface area contributed by atoms with E-state index in [0.717, 1.165) is 25.7 Å².